The number of likely N-dealkylation sites (N-methyl/N-ethyl adjacent to an activating group) is 1. The summed E-state index contributed by atoms with van der Waals surface area (Å²) >= 11 is 0. The monoisotopic (exact) mass is 658 g/mol. The van der Waals surface area contributed by atoms with Crippen molar-refractivity contribution in [3.05, 3.63) is 58.8 Å². The molecule has 0 unspecified atom stereocenters. The highest BCUT2D eigenvalue weighted by molar-refractivity contribution is 6.07. The number of carbonyl (C=O) groups excluding carboxylic acids is 2. The molecule has 0 radical (unpaired) electrons. The Bertz CT molecular complexity index is 1600. The largest absolute Gasteiger partial charge is 0.494 e. The summed E-state index contributed by atoms with van der Waals surface area (Å²) < 4.78 is 8.03. The SMILES string of the molecule is COc1c(CN(C(C)C)C(C)C)cc(C(C)(C)C)cc1NC(=O)c1cc2cccc(CN3CCN(C(=O)[C@@H]4CCCN4C)CC3)c2n1C. The van der Waals surface area contributed by atoms with Gasteiger partial charge in [0.1, 0.15) is 11.4 Å². The molecular weight excluding hydrogens is 600 g/mol. The molecule has 2 aromatic carbocycles. The van der Waals surface area contributed by atoms with Crippen molar-refractivity contribution in [3.63, 3.8) is 0 Å². The van der Waals surface area contributed by atoms with Crippen LogP contribution in [0.3, 0.4) is 0 Å². The second kappa shape index (κ2) is 14.6. The number of para-hydroxylation sites is 1. The third kappa shape index (κ3) is 7.58. The van der Waals surface area contributed by atoms with Crippen LogP contribution in [0.4, 0.5) is 5.69 Å². The van der Waals surface area contributed by atoms with Crippen LogP contribution in [0.25, 0.3) is 10.9 Å². The fraction of sp³-hybridized carbons (Fsp3) is 0.590. The number of rotatable bonds is 10. The Balaban J connectivity index is 1.37. The second-order valence-corrected chi connectivity index (χ2v) is 15.5. The smallest absolute Gasteiger partial charge is 0.272 e. The summed E-state index contributed by atoms with van der Waals surface area (Å²) in [6.45, 7) is 21.2. The van der Waals surface area contributed by atoms with Crippen molar-refractivity contribution in [1.29, 1.82) is 0 Å². The molecular formula is C39H58N6O3. The van der Waals surface area contributed by atoms with E-state index in [-0.39, 0.29) is 23.3 Å². The van der Waals surface area contributed by atoms with Crippen molar-refractivity contribution in [2.75, 3.05) is 52.2 Å². The van der Waals surface area contributed by atoms with Gasteiger partial charge < -0.3 is 19.5 Å². The quantitative estimate of drug-likeness (QED) is 0.284. The average molecular weight is 659 g/mol. The molecule has 0 bridgehead atoms. The maximum Gasteiger partial charge on any atom is 0.272 e. The number of hydrogen-bond donors (Lipinski definition) is 1. The molecule has 3 heterocycles. The molecule has 2 amide bonds. The number of carbonyl (C=O) groups is 2. The van der Waals surface area contributed by atoms with E-state index < -0.39 is 0 Å². The lowest BCUT2D eigenvalue weighted by atomic mass is 9.85. The number of nitrogens with one attached hydrogen (secondary N) is 1. The normalized spacial score (nSPS) is 18.1. The minimum absolute atomic E-state index is 0.0375. The molecule has 2 fully saturated rings. The van der Waals surface area contributed by atoms with E-state index in [1.807, 2.05) is 22.6 Å². The van der Waals surface area contributed by atoms with E-state index in [0.717, 1.165) is 80.7 Å². The van der Waals surface area contributed by atoms with Crippen LogP contribution in [0.1, 0.15) is 88.5 Å². The predicted molar refractivity (Wildman–Crippen MR) is 196 cm³/mol. The fourth-order valence-electron chi connectivity index (χ4n) is 7.56. The first-order chi connectivity index (χ1) is 22.7. The number of amides is 2. The van der Waals surface area contributed by atoms with Gasteiger partial charge in [0, 0.05) is 69.3 Å². The molecule has 9 heteroatoms. The van der Waals surface area contributed by atoms with Gasteiger partial charge in [-0.2, -0.15) is 0 Å². The van der Waals surface area contributed by atoms with Crippen molar-refractivity contribution in [1.82, 2.24) is 24.2 Å². The third-order valence-corrected chi connectivity index (χ3v) is 10.4. The van der Waals surface area contributed by atoms with Crippen LogP contribution in [0.15, 0.2) is 36.4 Å². The molecule has 5 rings (SSSR count). The van der Waals surface area contributed by atoms with Crippen LogP contribution in [-0.2, 0) is 30.3 Å². The molecule has 262 valence electrons. The number of hydrogen-bond acceptors (Lipinski definition) is 6. The van der Waals surface area contributed by atoms with Gasteiger partial charge in [-0.3, -0.25) is 24.3 Å². The maximum absolute atomic E-state index is 14.1. The van der Waals surface area contributed by atoms with Gasteiger partial charge >= 0.3 is 0 Å². The molecule has 3 aromatic rings. The summed E-state index contributed by atoms with van der Waals surface area (Å²) in [5.41, 5.74) is 5.65. The number of aromatic nitrogens is 1. The lowest BCUT2D eigenvalue weighted by Gasteiger charge is -2.37. The predicted octanol–water partition coefficient (Wildman–Crippen LogP) is 6.09. The lowest BCUT2D eigenvalue weighted by Crippen LogP contribution is -2.52. The molecule has 9 nitrogen and oxygen atoms in total. The first-order valence-corrected chi connectivity index (χ1v) is 17.8. The summed E-state index contributed by atoms with van der Waals surface area (Å²) in [5, 5.41) is 4.29. The van der Waals surface area contributed by atoms with Crippen LogP contribution >= 0.6 is 0 Å². The Kier molecular flexibility index (Phi) is 10.9. The van der Waals surface area contributed by atoms with E-state index in [1.54, 1.807) is 7.11 Å². The summed E-state index contributed by atoms with van der Waals surface area (Å²) in [4.78, 5) is 36.3. The Morgan fingerprint density at radius 1 is 0.958 bits per heavy atom. The van der Waals surface area contributed by atoms with Gasteiger partial charge in [0.25, 0.3) is 5.91 Å². The standard InChI is InChI=1S/C39H58N6O3/c1-26(2)45(27(3)4)25-30-21-31(39(5,6)7)23-32(36(30)48-10)40-37(46)34-22-28-13-11-14-29(35(28)42(34)9)24-43-17-19-44(20-18-43)38(47)33-15-12-16-41(33)8/h11,13-14,21-23,26-27,33H,12,15-20,24-25H2,1-10H3,(H,40,46)/t33-/m0/s1. The molecule has 1 atom stereocenters. The van der Waals surface area contributed by atoms with Gasteiger partial charge in [0.2, 0.25) is 5.91 Å². The third-order valence-electron chi connectivity index (χ3n) is 10.4. The second-order valence-electron chi connectivity index (χ2n) is 15.5. The zero-order valence-electron chi connectivity index (χ0n) is 31.0. The van der Waals surface area contributed by atoms with Gasteiger partial charge in [0.05, 0.1) is 24.4 Å². The minimum atomic E-state index is -0.163. The average Bonchev–Trinajstić information content (AvgIpc) is 3.62. The lowest BCUT2D eigenvalue weighted by molar-refractivity contribution is -0.137. The first kappa shape index (κ1) is 35.9. The zero-order valence-corrected chi connectivity index (χ0v) is 31.0. The number of anilines is 1. The van der Waals surface area contributed by atoms with Gasteiger partial charge in [-0.15, -0.1) is 0 Å². The molecule has 48 heavy (non-hydrogen) atoms. The van der Waals surface area contributed by atoms with E-state index in [2.05, 4.69) is 106 Å². The maximum atomic E-state index is 14.1. The van der Waals surface area contributed by atoms with Crippen molar-refractivity contribution >= 4 is 28.4 Å². The van der Waals surface area contributed by atoms with E-state index in [1.165, 1.54) is 5.56 Å². The number of fused-ring (bicyclic) bond motifs is 1. The van der Waals surface area contributed by atoms with E-state index >= 15 is 0 Å². The number of methoxy groups -OCH3 is 1. The molecule has 0 spiro atoms. The summed E-state index contributed by atoms with van der Waals surface area (Å²) in [6, 6.07) is 13.4. The topological polar surface area (TPSA) is 73.3 Å². The summed E-state index contributed by atoms with van der Waals surface area (Å²) in [7, 11) is 5.73. The number of piperazine rings is 1. The molecule has 1 aromatic heterocycles. The highest BCUT2D eigenvalue weighted by Gasteiger charge is 2.33. The number of aryl methyl sites for hydroxylation is 1. The first-order valence-electron chi connectivity index (χ1n) is 17.8. The van der Waals surface area contributed by atoms with Crippen LogP contribution in [0.2, 0.25) is 0 Å². The van der Waals surface area contributed by atoms with Crippen molar-refractivity contribution in [2.24, 2.45) is 7.05 Å². The highest BCUT2D eigenvalue weighted by atomic mass is 16.5. The van der Waals surface area contributed by atoms with Gasteiger partial charge in [-0.1, -0.05) is 45.0 Å². The Hall–Kier alpha value is -3.40. The van der Waals surface area contributed by atoms with Crippen LogP contribution < -0.4 is 10.1 Å². The molecule has 0 aliphatic carbocycles. The van der Waals surface area contributed by atoms with Crippen molar-refractivity contribution in [2.45, 2.75) is 97.9 Å². The van der Waals surface area contributed by atoms with E-state index in [0.29, 0.717) is 29.2 Å². The van der Waals surface area contributed by atoms with Crippen LogP contribution in [-0.4, -0.2) is 101 Å². The number of nitrogens with zero attached hydrogens (tertiary/aromatic N) is 5. The fourth-order valence-corrected chi connectivity index (χ4v) is 7.56. The molecule has 0 saturated carbocycles. The Labute approximate surface area is 288 Å². The van der Waals surface area contributed by atoms with E-state index in [4.69, 9.17) is 4.74 Å². The molecule has 2 aliphatic heterocycles. The van der Waals surface area contributed by atoms with Gasteiger partial charge in [-0.05, 0) is 82.8 Å². The van der Waals surface area contributed by atoms with Crippen molar-refractivity contribution < 1.29 is 14.3 Å². The minimum Gasteiger partial charge on any atom is -0.494 e. The Morgan fingerprint density at radius 2 is 1.65 bits per heavy atom. The van der Waals surface area contributed by atoms with Crippen molar-refractivity contribution in [3.8, 4) is 5.75 Å². The molecule has 2 saturated heterocycles. The molecule has 1 N–H and O–H groups in total. The summed E-state index contributed by atoms with van der Waals surface area (Å²) in [6.07, 6.45) is 2.06. The number of benzene rings is 2. The highest BCUT2D eigenvalue weighted by Crippen LogP contribution is 2.37. The zero-order chi connectivity index (χ0) is 34.9. The van der Waals surface area contributed by atoms with Gasteiger partial charge in [0.15, 0.2) is 0 Å². The molecule has 2 aliphatic rings. The number of ether oxygens (including phenoxy) is 1. The van der Waals surface area contributed by atoms with E-state index in [9.17, 15) is 9.59 Å². The van der Waals surface area contributed by atoms with Crippen LogP contribution in [0, 0.1) is 0 Å². The Morgan fingerprint density at radius 3 is 2.23 bits per heavy atom. The van der Waals surface area contributed by atoms with Crippen LogP contribution in [0.5, 0.6) is 5.75 Å². The summed E-state index contributed by atoms with van der Waals surface area (Å²) in [5.74, 6) is 0.826. The van der Waals surface area contributed by atoms with Gasteiger partial charge in [-0.25, -0.2) is 0 Å². The number of likely N-dealkylation sites (tertiary alicyclic amines) is 1.